The van der Waals surface area contributed by atoms with Gasteiger partial charge in [-0.15, -0.1) is 11.8 Å². The zero-order chi connectivity index (χ0) is 30.0. The number of non-ortho nitro benzene ring substituents is 1. The number of hydrogen-bond donors (Lipinski definition) is 0. The number of unbranched alkanes of at least 4 members (excludes halogenated alkanes) is 2. The van der Waals surface area contributed by atoms with E-state index in [4.69, 9.17) is 4.74 Å². The van der Waals surface area contributed by atoms with Crippen LogP contribution < -0.4 is 19.4 Å². The molecule has 3 heterocycles. The molecule has 2 amide bonds. The molecule has 224 valence electrons. The van der Waals surface area contributed by atoms with Crippen molar-refractivity contribution in [1.82, 2.24) is 4.90 Å². The Kier molecular flexibility index (Phi) is 8.27. The third-order valence-electron chi connectivity index (χ3n) is 8.31. The van der Waals surface area contributed by atoms with Crippen LogP contribution in [0.25, 0.3) is 0 Å². The van der Waals surface area contributed by atoms with Crippen molar-refractivity contribution in [1.29, 1.82) is 0 Å². The number of fused-ring (bicyclic) bond motifs is 2. The number of thioether (sulfide) groups is 1. The number of ether oxygens (including phenoxy) is 1. The summed E-state index contributed by atoms with van der Waals surface area (Å²) in [7, 11) is 0. The van der Waals surface area contributed by atoms with Gasteiger partial charge in [-0.25, -0.2) is 0 Å². The summed E-state index contributed by atoms with van der Waals surface area (Å²) in [6.45, 7) is 6.15. The molecule has 43 heavy (non-hydrogen) atoms. The average molecular weight is 602 g/mol. The number of anilines is 3. The number of nitrogens with zero attached hydrogens (tertiary/aromatic N) is 5. The monoisotopic (exact) mass is 601 g/mol. The van der Waals surface area contributed by atoms with Crippen molar-refractivity contribution in [2.45, 2.75) is 31.1 Å². The van der Waals surface area contributed by atoms with Crippen LogP contribution >= 0.6 is 11.8 Å². The molecule has 0 aromatic heterocycles. The zero-order valence-corrected chi connectivity index (χ0v) is 25.0. The number of amides is 2. The molecule has 2 saturated heterocycles. The topological polar surface area (TPSA) is 99.5 Å². The Hall–Kier alpha value is -4.09. The Balaban J connectivity index is 1.19. The predicted octanol–water partition coefficient (Wildman–Crippen LogP) is 5.22. The Morgan fingerprint density at radius 2 is 1.60 bits per heavy atom. The van der Waals surface area contributed by atoms with Gasteiger partial charge in [0.1, 0.15) is 5.75 Å². The number of rotatable bonds is 10. The summed E-state index contributed by atoms with van der Waals surface area (Å²) in [4.78, 5) is 45.2. The van der Waals surface area contributed by atoms with Crippen LogP contribution in [0.4, 0.5) is 22.7 Å². The first-order chi connectivity index (χ1) is 20.9. The molecule has 3 aromatic carbocycles. The highest BCUT2D eigenvalue weighted by Crippen LogP contribution is 2.55. The van der Waals surface area contributed by atoms with Crippen molar-refractivity contribution in [2.75, 3.05) is 59.9 Å². The molecule has 1 unspecified atom stereocenters. The van der Waals surface area contributed by atoms with Gasteiger partial charge in [0.25, 0.3) is 11.6 Å². The van der Waals surface area contributed by atoms with Crippen molar-refractivity contribution >= 4 is 46.3 Å². The SMILES string of the molecule is CCCCCOc1ccc(N2C(=O)CSC23C(=O)N(CN2CCN(c4ccc([N+](=O)[O-])cc4)CC2)c2ccccc23)cc1. The van der Waals surface area contributed by atoms with Crippen LogP contribution in [0.1, 0.15) is 31.7 Å². The Morgan fingerprint density at radius 1 is 0.907 bits per heavy atom. The smallest absolute Gasteiger partial charge is 0.269 e. The molecule has 6 rings (SSSR count). The summed E-state index contributed by atoms with van der Waals surface area (Å²) in [5.41, 5.74) is 3.36. The van der Waals surface area contributed by atoms with Crippen LogP contribution in [0, 0.1) is 10.1 Å². The van der Waals surface area contributed by atoms with E-state index in [1.165, 1.54) is 23.9 Å². The molecule has 0 N–H and O–H groups in total. The van der Waals surface area contributed by atoms with Crippen molar-refractivity contribution in [3.8, 4) is 5.75 Å². The minimum atomic E-state index is -1.16. The lowest BCUT2D eigenvalue weighted by molar-refractivity contribution is -0.384. The van der Waals surface area contributed by atoms with Gasteiger partial charge in [-0.2, -0.15) is 0 Å². The van der Waals surface area contributed by atoms with Crippen LogP contribution in [0.2, 0.25) is 0 Å². The summed E-state index contributed by atoms with van der Waals surface area (Å²) in [6.07, 6.45) is 3.24. The first-order valence-electron chi connectivity index (χ1n) is 14.8. The highest BCUT2D eigenvalue weighted by Gasteiger charge is 2.61. The number of carbonyl (C=O) groups is 2. The second-order valence-electron chi connectivity index (χ2n) is 11.0. The second kappa shape index (κ2) is 12.3. The van der Waals surface area contributed by atoms with Gasteiger partial charge in [0, 0.05) is 55.2 Å². The molecular formula is C32H35N5O5S. The molecule has 0 radical (unpaired) electrons. The molecular weight excluding hydrogens is 566 g/mol. The van der Waals surface area contributed by atoms with Gasteiger partial charge in [-0.05, 0) is 48.9 Å². The summed E-state index contributed by atoms with van der Waals surface area (Å²) in [5, 5.41) is 11.0. The van der Waals surface area contributed by atoms with Crippen LogP contribution in [0.3, 0.4) is 0 Å². The van der Waals surface area contributed by atoms with Gasteiger partial charge in [0.05, 0.1) is 29.6 Å². The van der Waals surface area contributed by atoms with Gasteiger partial charge in [0.2, 0.25) is 10.8 Å². The number of piperazine rings is 1. The number of nitro groups is 1. The summed E-state index contributed by atoms with van der Waals surface area (Å²) in [6, 6.07) is 21.9. The van der Waals surface area contributed by atoms with E-state index in [0.29, 0.717) is 19.0 Å². The molecule has 3 aromatic rings. The third kappa shape index (κ3) is 5.43. The minimum Gasteiger partial charge on any atom is -0.494 e. The van der Waals surface area contributed by atoms with Crippen molar-refractivity contribution in [3.05, 3.63) is 88.5 Å². The number of carbonyl (C=O) groups excluding carboxylic acids is 2. The van der Waals surface area contributed by atoms with Crippen LogP contribution in [0.5, 0.6) is 5.75 Å². The van der Waals surface area contributed by atoms with Gasteiger partial charge < -0.3 is 9.64 Å². The fraction of sp³-hybridized carbons (Fsp3) is 0.375. The van der Waals surface area contributed by atoms with E-state index in [1.807, 2.05) is 53.4 Å². The Bertz CT molecular complexity index is 1490. The maximum atomic E-state index is 14.4. The zero-order valence-electron chi connectivity index (χ0n) is 24.2. The normalized spacial score (nSPS) is 20.3. The van der Waals surface area contributed by atoms with Crippen LogP contribution in [-0.4, -0.2) is 66.8 Å². The average Bonchev–Trinajstić information content (AvgIpc) is 3.50. The second-order valence-corrected chi connectivity index (χ2v) is 12.1. The minimum absolute atomic E-state index is 0.0755. The van der Waals surface area contributed by atoms with Crippen molar-refractivity contribution < 1.29 is 19.2 Å². The van der Waals surface area contributed by atoms with E-state index in [1.54, 1.807) is 17.0 Å². The van der Waals surface area contributed by atoms with Gasteiger partial charge >= 0.3 is 0 Å². The van der Waals surface area contributed by atoms with E-state index < -0.39 is 9.79 Å². The lowest BCUT2D eigenvalue weighted by Gasteiger charge is -2.38. The number of hydrogen-bond acceptors (Lipinski definition) is 8. The molecule has 1 spiro atoms. The largest absolute Gasteiger partial charge is 0.494 e. The Morgan fingerprint density at radius 3 is 2.30 bits per heavy atom. The lowest BCUT2D eigenvalue weighted by Crippen LogP contribution is -2.54. The van der Waals surface area contributed by atoms with Gasteiger partial charge in [0.15, 0.2) is 0 Å². The maximum Gasteiger partial charge on any atom is 0.269 e. The number of nitro benzene ring substituents is 1. The molecule has 0 saturated carbocycles. The fourth-order valence-electron chi connectivity index (χ4n) is 6.06. The van der Waals surface area contributed by atoms with Gasteiger partial charge in [-0.1, -0.05) is 38.0 Å². The first-order valence-corrected chi connectivity index (χ1v) is 15.7. The number of para-hydroxylation sites is 1. The molecule has 2 fully saturated rings. The molecule has 11 heteroatoms. The fourth-order valence-corrected chi connectivity index (χ4v) is 7.42. The van der Waals surface area contributed by atoms with Crippen LogP contribution in [0.15, 0.2) is 72.8 Å². The van der Waals surface area contributed by atoms with E-state index in [-0.39, 0.29) is 23.3 Å². The van der Waals surface area contributed by atoms with E-state index in [9.17, 15) is 19.7 Å². The van der Waals surface area contributed by atoms with Crippen molar-refractivity contribution in [2.24, 2.45) is 0 Å². The molecule has 1 atom stereocenters. The molecule has 3 aliphatic heterocycles. The van der Waals surface area contributed by atoms with E-state index in [0.717, 1.165) is 68.1 Å². The standard InChI is InChI=1S/C32H35N5O5S/c1-2-3-6-21-42-27-15-13-25(14-16-27)36-30(38)22-43-32(36)28-7-4-5-8-29(28)35(31(32)39)23-33-17-19-34(20-18-33)24-9-11-26(12-10-24)37(40)41/h4-5,7-16H,2-3,6,17-23H2,1H3. The maximum absolute atomic E-state index is 14.4. The molecule has 0 aliphatic carbocycles. The lowest BCUT2D eigenvalue weighted by atomic mass is 10.0. The van der Waals surface area contributed by atoms with E-state index >= 15 is 0 Å². The quantitative estimate of drug-likeness (QED) is 0.177. The van der Waals surface area contributed by atoms with Crippen LogP contribution in [-0.2, 0) is 14.5 Å². The summed E-state index contributed by atoms with van der Waals surface area (Å²) in [5.74, 6) is 0.767. The molecule has 10 nitrogen and oxygen atoms in total. The third-order valence-corrected chi connectivity index (χ3v) is 9.70. The van der Waals surface area contributed by atoms with Crippen molar-refractivity contribution in [3.63, 3.8) is 0 Å². The highest BCUT2D eigenvalue weighted by molar-refractivity contribution is 8.02. The highest BCUT2D eigenvalue weighted by atomic mass is 32.2. The van der Waals surface area contributed by atoms with Gasteiger partial charge in [-0.3, -0.25) is 34.4 Å². The predicted molar refractivity (Wildman–Crippen MR) is 169 cm³/mol. The first kappa shape index (κ1) is 29.0. The summed E-state index contributed by atoms with van der Waals surface area (Å²) >= 11 is 1.38. The van der Waals surface area contributed by atoms with E-state index in [2.05, 4.69) is 16.7 Å². The number of benzene rings is 3. The Labute approximate surface area is 255 Å². The summed E-state index contributed by atoms with van der Waals surface area (Å²) < 4.78 is 5.88. The molecule has 0 bridgehead atoms. The molecule has 3 aliphatic rings.